The lowest BCUT2D eigenvalue weighted by molar-refractivity contribution is -0.384. The van der Waals surface area contributed by atoms with Gasteiger partial charge in [0.05, 0.1) is 4.92 Å². The number of hydrogen-bond acceptors (Lipinski definition) is 5. The third-order valence-electron chi connectivity index (χ3n) is 3.96. The topological polar surface area (TPSA) is 93.5 Å². The number of halogens is 1. The first kappa shape index (κ1) is 19.3. The van der Waals surface area contributed by atoms with Gasteiger partial charge in [0.15, 0.2) is 0 Å². The highest BCUT2D eigenvalue weighted by Gasteiger charge is 2.26. The predicted octanol–water partition coefficient (Wildman–Crippen LogP) is 4.50. The van der Waals surface area contributed by atoms with Gasteiger partial charge in [-0.1, -0.05) is 11.6 Å². The van der Waals surface area contributed by atoms with E-state index in [1.807, 2.05) is 20.8 Å². The summed E-state index contributed by atoms with van der Waals surface area (Å²) in [6, 6.07) is 4.65. The number of alkyl carbamates (subject to hydrolysis) is 1. The Bertz CT molecular complexity index is 637. The fourth-order valence-corrected chi connectivity index (χ4v) is 3.03. The van der Waals surface area contributed by atoms with E-state index in [2.05, 4.69) is 10.6 Å². The normalized spacial score (nSPS) is 20.6. The minimum atomic E-state index is -0.519. The van der Waals surface area contributed by atoms with Crippen molar-refractivity contribution in [2.75, 3.05) is 5.32 Å². The van der Waals surface area contributed by atoms with Gasteiger partial charge in [0, 0.05) is 23.2 Å². The van der Waals surface area contributed by atoms with Crippen LogP contribution in [0.4, 0.5) is 16.2 Å². The van der Waals surface area contributed by atoms with Gasteiger partial charge >= 0.3 is 6.09 Å². The molecule has 0 unspecified atom stereocenters. The minimum absolute atomic E-state index is 0.0124. The standard InChI is InChI=1S/C17H24ClN3O4/c1-17(2,3)25-16(22)20-13-7-5-12(6-8-13)19-14-10-11(18)4-9-15(14)21(23)24/h4,9-10,12-13,19H,5-8H2,1-3H3,(H,20,22). The Morgan fingerprint density at radius 3 is 2.40 bits per heavy atom. The highest BCUT2D eigenvalue weighted by molar-refractivity contribution is 6.31. The fourth-order valence-electron chi connectivity index (χ4n) is 2.86. The van der Waals surface area contributed by atoms with Crippen LogP contribution in [0.25, 0.3) is 0 Å². The van der Waals surface area contributed by atoms with E-state index in [0.717, 1.165) is 25.7 Å². The van der Waals surface area contributed by atoms with Crippen LogP contribution in [0.3, 0.4) is 0 Å². The number of benzene rings is 1. The molecule has 2 rings (SSSR count). The van der Waals surface area contributed by atoms with E-state index >= 15 is 0 Å². The quantitative estimate of drug-likeness (QED) is 0.602. The Labute approximate surface area is 152 Å². The molecule has 1 saturated carbocycles. The number of nitro groups is 1. The molecule has 25 heavy (non-hydrogen) atoms. The zero-order chi connectivity index (χ0) is 18.6. The van der Waals surface area contributed by atoms with Crippen LogP contribution in [-0.2, 0) is 4.74 Å². The second-order valence-corrected chi connectivity index (χ2v) is 7.69. The lowest BCUT2D eigenvalue weighted by Gasteiger charge is -2.31. The maximum Gasteiger partial charge on any atom is 0.407 e. The van der Waals surface area contributed by atoms with Crippen molar-refractivity contribution in [3.63, 3.8) is 0 Å². The van der Waals surface area contributed by atoms with Crippen LogP contribution in [0.5, 0.6) is 0 Å². The van der Waals surface area contributed by atoms with Crippen LogP contribution in [0.2, 0.25) is 5.02 Å². The van der Waals surface area contributed by atoms with Gasteiger partial charge < -0.3 is 15.4 Å². The number of rotatable bonds is 4. The molecular weight excluding hydrogens is 346 g/mol. The fraction of sp³-hybridized carbons (Fsp3) is 0.588. The molecule has 138 valence electrons. The monoisotopic (exact) mass is 369 g/mol. The number of carbonyl (C=O) groups excluding carboxylic acids is 1. The second-order valence-electron chi connectivity index (χ2n) is 7.26. The number of ether oxygens (including phenoxy) is 1. The van der Waals surface area contributed by atoms with E-state index in [1.54, 1.807) is 6.07 Å². The van der Waals surface area contributed by atoms with Crippen molar-refractivity contribution in [3.8, 4) is 0 Å². The number of amides is 1. The molecule has 0 bridgehead atoms. The third-order valence-corrected chi connectivity index (χ3v) is 4.20. The number of hydrogen-bond donors (Lipinski definition) is 2. The molecule has 2 N–H and O–H groups in total. The summed E-state index contributed by atoms with van der Waals surface area (Å²) in [4.78, 5) is 22.5. The van der Waals surface area contributed by atoms with Crippen molar-refractivity contribution in [2.24, 2.45) is 0 Å². The first-order valence-electron chi connectivity index (χ1n) is 8.34. The molecule has 1 aliphatic carbocycles. The van der Waals surface area contributed by atoms with Crippen molar-refractivity contribution in [1.29, 1.82) is 0 Å². The third kappa shape index (κ3) is 6.08. The summed E-state index contributed by atoms with van der Waals surface area (Å²) in [5.74, 6) is 0. The van der Waals surface area contributed by atoms with Crippen LogP contribution in [0.15, 0.2) is 18.2 Å². The Morgan fingerprint density at radius 1 is 1.24 bits per heavy atom. The smallest absolute Gasteiger partial charge is 0.407 e. The Hall–Kier alpha value is -2.02. The molecule has 1 fully saturated rings. The van der Waals surface area contributed by atoms with Crippen LogP contribution in [0.1, 0.15) is 46.5 Å². The van der Waals surface area contributed by atoms with Gasteiger partial charge in [-0.05, 0) is 58.6 Å². The molecule has 0 atom stereocenters. The van der Waals surface area contributed by atoms with E-state index < -0.39 is 16.6 Å². The molecule has 8 heteroatoms. The summed E-state index contributed by atoms with van der Waals surface area (Å²) in [7, 11) is 0. The highest BCUT2D eigenvalue weighted by Crippen LogP contribution is 2.31. The minimum Gasteiger partial charge on any atom is -0.444 e. The van der Waals surface area contributed by atoms with Crippen molar-refractivity contribution in [3.05, 3.63) is 33.3 Å². The number of anilines is 1. The lowest BCUT2D eigenvalue weighted by atomic mass is 9.91. The van der Waals surface area contributed by atoms with E-state index in [0.29, 0.717) is 10.7 Å². The second kappa shape index (κ2) is 7.91. The molecule has 1 aromatic rings. The molecule has 0 radical (unpaired) electrons. The van der Waals surface area contributed by atoms with Crippen molar-refractivity contribution in [2.45, 2.75) is 64.1 Å². The number of nitrogens with one attached hydrogen (secondary N) is 2. The average molecular weight is 370 g/mol. The number of nitro benzene ring substituents is 1. The maximum absolute atomic E-state index is 11.8. The zero-order valence-electron chi connectivity index (χ0n) is 14.7. The summed E-state index contributed by atoms with van der Waals surface area (Å²) in [6.07, 6.45) is 2.75. The summed E-state index contributed by atoms with van der Waals surface area (Å²) in [6.45, 7) is 5.47. The summed E-state index contributed by atoms with van der Waals surface area (Å²) >= 11 is 5.95. The van der Waals surface area contributed by atoms with Crippen molar-refractivity contribution >= 4 is 29.1 Å². The van der Waals surface area contributed by atoms with Gasteiger partial charge in [0.2, 0.25) is 0 Å². The molecule has 0 heterocycles. The lowest BCUT2D eigenvalue weighted by Crippen LogP contribution is -2.42. The van der Waals surface area contributed by atoms with Crippen LogP contribution < -0.4 is 10.6 Å². The highest BCUT2D eigenvalue weighted by atomic mass is 35.5. The van der Waals surface area contributed by atoms with Crippen LogP contribution in [0, 0.1) is 10.1 Å². The van der Waals surface area contributed by atoms with Gasteiger partial charge in [0.25, 0.3) is 5.69 Å². The molecule has 7 nitrogen and oxygen atoms in total. The SMILES string of the molecule is CC(C)(C)OC(=O)NC1CCC(Nc2cc(Cl)ccc2[N+](=O)[O-])CC1. The number of carbonyl (C=O) groups is 1. The predicted molar refractivity (Wildman–Crippen MR) is 97.1 cm³/mol. The molecule has 0 aromatic heterocycles. The maximum atomic E-state index is 11.8. The molecular formula is C17H24ClN3O4. The summed E-state index contributed by atoms with van der Waals surface area (Å²) < 4.78 is 5.26. The van der Waals surface area contributed by atoms with Crippen LogP contribution in [-0.4, -0.2) is 28.7 Å². The molecule has 0 spiro atoms. The molecule has 0 saturated heterocycles. The number of nitrogens with zero attached hydrogens (tertiary/aromatic N) is 1. The van der Waals surface area contributed by atoms with E-state index in [1.165, 1.54) is 12.1 Å². The Balaban J connectivity index is 1.88. The van der Waals surface area contributed by atoms with Crippen molar-refractivity contribution < 1.29 is 14.5 Å². The van der Waals surface area contributed by atoms with Gasteiger partial charge in [0.1, 0.15) is 11.3 Å². The summed E-state index contributed by atoms with van der Waals surface area (Å²) in [5, 5.41) is 17.7. The van der Waals surface area contributed by atoms with Crippen LogP contribution >= 0.6 is 11.6 Å². The Morgan fingerprint density at radius 2 is 1.84 bits per heavy atom. The molecule has 1 aliphatic rings. The van der Waals surface area contributed by atoms with Crippen molar-refractivity contribution in [1.82, 2.24) is 5.32 Å². The Kier molecular flexibility index (Phi) is 6.11. The molecule has 1 aromatic carbocycles. The van der Waals surface area contributed by atoms with E-state index in [9.17, 15) is 14.9 Å². The van der Waals surface area contributed by atoms with E-state index in [-0.39, 0.29) is 17.8 Å². The first-order valence-corrected chi connectivity index (χ1v) is 8.72. The van der Waals surface area contributed by atoms with E-state index in [4.69, 9.17) is 16.3 Å². The van der Waals surface area contributed by atoms with Gasteiger partial charge in [-0.15, -0.1) is 0 Å². The summed E-state index contributed by atoms with van der Waals surface area (Å²) in [5.41, 5.74) is -0.0756. The van der Waals surface area contributed by atoms with Gasteiger partial charge in [-0.2, -0.15) is 0 Å². The zero-order valence-corrected chi connectivity index (χ0v) is 15.4. The van der Waals surface area contributed by atoms with Gasteiger partial charge in [-0.3, -0.25) is 10.1 Å². The molecule has 0 aliphatic heterocycles. The molecule has 1 amide bonds. The average Bonchev–Trinajstić information content (AvgIpc) is 2.47. The van der Waals surface area contributed by atoms with Gasteiger partial charge in [-0.25, -0.2) is 4.79 Å². The largest absolute Gasteiger partial charge is 0.444 e. The first-order chi connectivity index (χ1) is 11.6.